The van der Waals surface area contributed by atoms with Crippen LogP contribution in [0.5, 0.6) is 0 Å². The predicted molar refractivity (Wildman–Crippen MR) is 86.6 cm³/mol. The first-order chi connectivity index (χ1) is 9.69. The molecule has 118 valence electrons. The van der Waals surface area contributed by atoms with Crippen LogP contribution in [0.15, 0.2) is 18.2 Å². The van der Waals surface area contributed by atoms with E-state index in [9.17, 15) is 4.79 Å². The average Bonchev–Trinajstić information content (AvgIpc) is 2.32. The van der Waals surface area contributed by atoms with E-state index in [2.05, 4.69) is 49.6 Å². The third-order valence-electron chi connectivity index (χ3n) is 3.14. The molecular formula is C17H28N2O2. The molecule has 0 fully saturated rings. The maximum absolute atomic E-state index is 11.5. The van der Waals surface area contributed by atoms with Crippen LogP contribution in [0.3, 0.4) is 0 Å². The van der Waals surface area contributed by atoms with Gasteiger partial charge >= 0.3 is 6.09 Å². The second kappa shape index (κ2) is 7.46. The van der Waals surface area contributed by atoms with Crippen molar-refractivity contribution < 1.29 is 9.53 Å². The zero-order valence-corrected chi connectivity index (χ0v) is 14.0. The molecule has 4 nitrogen and oxygen atoms in total. The third-order valence-corrected chi connectivity index (χ3v) is 3.14. The second-order valence-electron chi connectivity index (χ2n) is 6.46. The van der Waals surface area contributed by atoms with E-state index < -0.39 is 5.60 Å². The van der Waals surface area contributed by atoms with E-state index in [0.29, 0.717) is 13.1 Å². The molecule has 1 aromatic carbocycles. The van der Waals surface area contributed by atoms with Gasteiger partial charge in [-0.15, -0.1) is 0 Å². The standard InChI is InChI=1S/C17H28N2O2/c1-12-7-8-15(13(2)11-12)14(3)18-9-10-19-16(20)21-17(4,5)6/h7-8,11,14,18H,9-10H2,1-6H3,(H,19,20). The van der Waals surface area contributed by atoms with E-state index in [0.717, 1.165) is 0 Å². The highest BCUT2D eigenvalue weighted by Gasteiger charge is 2.15. The summed E-state index contributed by atoms with van der Waals surface area (Å²) in [6.45, 7) is 13.2. The Morgan fingerprint density at radius 2 is 1.90 bits per heavy atom. The quantitative estimate of drug-likeness (QED) is 0.817. The van der Waals surface area contributed by atoms with Crippen molar-refractivity contribution in [2.75, 3.05) is 13.1 Å². The van der Waals surface area contributed by atoms with E-state index in [1.807, 2.05) is 20.8 Å². The van der Waals surface area contributed by atoms with Gasteiger partial charge in [0, 0.05) is 19.1 Å². The van der Waals surface area contributed by atoms with Crippen molar-refractivity contribution in [3.63, 3.8) is 0 Å². The van der Waals surface area contributed by atoms with Gasteiger partial charge in [-0.2, -0.15) is 0 Å². The number of hydrogen-bond donors (Lipinski definition) is 2. The van der Waals surface area contributed by atoms with Crippen LogP contribution in [0.2, 0.25) is 0 Å². The molecule has 4 heteroatoms. The highest BCUT2D eigenvalue weighted by molar-refractivity contribution is 5.67. The van der Waals surface area contributed by atoms with E-state index >= 15 is 0 Å². The minimum atomic E-state index is -0.455. The zero-order valence-electron chi connectivity index (χ0n) is 14.0. The number of alkyl carbamates (subject to hydrolysis) is 1. The molecule has 0 spiro atoms. The minimum Gasteiger partial charge on any atom is -0.444 e. The molecule has 1 aromatic rings. The number of benzene rings is 1. The summed E-state index contributed by atoms with van der Waals surface area (Å²) in [5.74, 6) is 0. The molecule has 1 atom stereocenters. The molecule has 0 aliphatic rings. The molecule has 1 rings (SSSR count). The molecule has 2 N–H and O–H groups in total. The van der Waals surface area contributed by atoms with E-state index in [1.165, 1.54) is 16.7 Å². The maximum Gasteiger partial charge on any atom is 0.407 e. The molecular weight excluding hydrogens is 264 g/mol. The number of rotatable bonds is 5. The topological polar surface area (TPSA) is 50.4 Å². The third kappa shape index (κ3) is 6.63. The molecule has 1 unspecified atom stereocenters. The van der Waals surface area contributed by atoms with Gasteiger partial charge in [0.1, 0.15) is 5.60 Å². The number of aryl methyl sites for hydroxylation is 2. The van der Waals surface area contributed by atoms with Gasteiger partial charge in [-0.25, -0.2) is 4.79 Å². The van der Waals surface area contributed by atoms with Crippen LogP contribution in [-0.2, 0) is 4.74 Å². The molecule has 0 aliphatic heterocycles. The lowest BCUT2D eigenvalue weighted by Gasteiger charge is -2.20. The Balaban J connectivity index is 2.34. The summed E-state index contributed by atoms with van der Waals surface area (Å²) in [4.78, 5) is 11.5. The first kappa shape index (κ1) is 17.5. The van der Waals surface area contributed by atoms with Gasteiger partial charge in [-0.3, -0.25) is 0 Å². The van der Waals surface area contributed by atoms with Crippen molar-refractivity contribution in [2.45, 2.75) is 53.2 Å². The van der Waals surface area contributed by atoms with Crippen LogP contribution >= 0.6 is 0 Å². The number of carbonyl (C=O) groups is 1. The maximum atomic E-state index is 11.5. The van der Waals surface area contributed by atoms with Crippen LogP contribution in [0.1, 0.15) is 50.4 Å². The summed E-state index contributed by atoms with van der Waals surface area (Å²) < 4.78 is 5.18. The summed E-state index contributed by atoms with van der Waals surface area (Å²) in [6.07, 6.45) is -0.372. The number of nitrogens with one attached hydrogen (secondary N) is 2. The first-order valence-electron chi connectivity index (χ1n) is 7.46. The smallest absolute Gasteiger partial charge is 0.407 e. The molecule has 0 aliphatic carbocycles. The first-order valence-corrected chi connectivity index (χ1v) is 7.46. The van der Waals surface area contributed by atoms with Crippen molar-refractivity contribution in [1.29, 1.82) is 0 Å². The Kier molecular flexibility index (Phi) is 6.21. The average molecular weight is 292 g/mol. The van der Waals surface area contributed by atoms with E-state index in [-0.39, 0.29) is 12.1 Å². The fourth-order valence-electron chi connectivity index (χ4n) is 2.19. The number of amides is 1. The summed E-state index contributed by atoms with van der Waals surface area (Å²) in [5.41, 5.74) is 3.40. The summed E-state index contributed by atoms with van der Waals surface area (Å²) in [7, 11) is 0. The van der Waals surface area contributed by atoms with E-state index in [1.54, 1.807) is 0 Å². The second-order valence-corrected chi connectivity index (χ2v) is 6.46. The van der Waals surface area contributed by atoms with Crippen LogP contribution < -0.4 is 10.6 Å². The Labute approximate surface area is 128 Å². The fourth-order valence-corrected chi connectivity index (χ4v) is 2.19. The van der Waals surface area contributed by atoms with Crippen LogP contribution in [0, 0.1) is 13.8 Å². The Morgan fingerprint density at radius 1 is 1.24 bits per heavy atom. The summed E-state index contributed by atoms with van der Waals surface area (Å²) in [5, 5.41) is 6.15. The largest absolute Gasteiger partial charge is 0.444 e. The number of hydrogen-bond acceptors (Lipinski definition) is 3. The highest BCUT2D eigenvalue weighted by atomic mass is 16.6. The van der Waals surface area contributed by atoms with Crippen molar-refractivity contribution in [2.24, 2.45) is 0 Å². The molecule has 0 radical (unpaired) electrons. The molecule has 0 heterocycles. The van der Waals surface area contributed by atoms with Gasteiger partial charge in [-0.1, -0.05) is 23.8 Å². The van der Waals surface area contributed by atoms with Gasteiger partial charge < -0.3 is 15.4 Å². The molecule has 1 amide bonds. The minimum absolute atomic E-state index is 0.256. The lowest BCUT2D eigenvalue weighted by atomic mass is 10.0. The normalized spacial score (nSPS) is 12.9. The highest BCUT2D eigenvalue weighted by Crippen LogP contribution is 2.18. The van der Waals surface area contributed by atoms with Crippen molar-refractivity contribution in [1.82, 2.24) is 10.6 Å². The van der Waals surface area contributed by atoms with Gasteiger partial charge in [0.25, 0.3) is 0 Å². The molecule has 21 heavy (non-hydrogen) atoms. The monoisotopic (exact) mass is 292 g/mol. The van der Waals surface area contributed by atoms with Gasteiger partial charge in [-0.05, 0) is 52.7 Å². The SMILES string of the molecule is Cc1ccc(C(C)NCCNC(=O)OC(C)(C)C)c(C)c1. The van der Waals surface area contributed by atoms with Crippen LogP contribution in [-0.4, -0.2) is 24.8 Å². The summed E-state index contributed by atoms with van der Waals surface area (Å²) in [6, 6.07) is 6.72. The Morgan fingerprint density at radius 3 is 2.48 bits per heavy atom. The van der Waals surface area contributed by atoms with Gasteiger partial charge in [0.15, 0.2) is 0 Å². The zero-order chi connectivity index (χ0) is 16.0. The lowest BCUT2D eigenvalue weighted by Crippen LogP contribution is -2.37. The summed E-state index contributed by atoms with van der Waals surface area (Å²) >= 11 is 0. The number of ether oxygens (including phenoxy) is 1. The van der Waals surface area contributed by atoms with Crippen molar-refractivity contribution >= 4 is 6.09 Å². The Bertz CT molecular complexity index is 478. The lowest BCUT2D eigenvalue weighted by molar-refractivity contribution is 0.0528. The van der Waals surface area contributed by atoms with Crippen LogP contribution in [0.25, 0.3) is 0 Å². The molecule has 0 saturated heterocycles. The molecule has 0 aromatic heterocycles. The fraction of sp³-hybridized carbons (Fsp3) is 0.588. The van der Waals surface area contributed by atoms with Crippen LogP contribution in [0.4, 0.5) is 4.79 Å². The molecule has 0 bridgehead atoms. The van der Waals surface area contributed by atoms with Gasteiger partial charge in [0.2, 0.25) is 0 Å². The Hall–Kier alpha value is -1.55. The number of carbonyl (C=O) groups excluding carboxylic acids is 1. The van der Waals surface area contributed by atoms with Crippen molar-refractivity contribution in [3.05, 3.63) is 34.9 Å². The van der Waals surface area contributed by atoms with Gasteiger partial charge in [0.05, 0.1) is 0 Å². The molecule has 0 saturated carbocycles. The van der Waals surface area contributed by atoms with Crippen molar-refractivity contribution in [3.8, 4) is 0 Å². The predicted octanol–water partition coefficient (Wildman–Crippen LogP) is 3.48. The van der Waals surface area contributed by atoms with E-state index in [4.69, 9.17) is 4.74 Å².